The van der Waals surface area contributed by atoms with E-state index >= 15 is 0 Å². The van der Waals surface area contributed by atoms with Crippen molar-refractivity contribution in [3.05, 3.63) is 18.0 Å². The van der Waals surface area contributed by atoms with E-state index in [9.17, 15) is 0 Å². The molecule has 0 N–H and O–H groups in total. The maximum absolute atomic E-state index is 4.22. The Hall–Kier alpha value is -0.790. The van der Waals surface area contributed by atoms with Crippen molar-refractivity contribution in [1.29, 1.82) is 0 Å². The van der Waals surface area contributed by atoms with E-state index in [4.69, 9.17) is 0 Å². The van der Waals surface area contributed by atoms with Gasteiger partial charge in [-0.3, -0.25) is 4.68 Å². The summed E-state index contributed by atoms with van der Waals surface area (Å²) in [6.07, 6.45) is 1.87. The summed E-state index contributed by atoms with van der Waals surface area (Å²) in [6, 6.07) is 2.09. The first-order chi connectivity index (χ1) is 5.05. The fourth-order valence-corrected chi connectivity index (χ4v) is 1.22. The van der Waals surface area contributed by atoms with E-state index in [0.717, 1.165) is 6.54 Å². The number of aromatic nitrogens is 2. The molecule has 1 rings (SSSR count). The van der Waals surface area contributed by atoms with E-state index in [1.54, 1.807) is 0 Å². The van der Waals surface area contributed by atoms with Gasteiger partial charge in [0.25, 0.3) is 0 Å². The van der Waals surface area contributed by atoms with Gasteiger partial charge in [-0.2, -0.15) is 5.10 Å². The van der Waals surface area contributed by atoms with Gasteiger partial charge in [0.2, 0.25) is 0 Å². The topological polar surface area (TPSA) is 17.8 Å². The molecule has 11 heavy (non-hydrogen) atoms. The van der Waals surface area contributed by atoms with Crippen molar-refractivity contribution in [3.8, 4) is 0 Å². The third-order valence-electron chi connectivity index (χ3n) is 1.78. The molecule has 0 fully saturated rings. The minimum atomic E-state index is 0.215. The maximum Gasteiger partial charge on any atom is 0.0492 e. The Balaban J connectivity index is 3.02. The van der Waals surface area contributed by atoms with Gasteiger partial charge in [0.1, 0.15) is 0 Å². The van der Waals surface area contributed by atoms with Gasteiger partial charge in [-0.15, -0.1) is 0 Å². The summed E-state index contributed by atoms with van der Waals surface area (Å²) in [6.45, 7) is 9.68. The van der Waals surface area contributed by atoms with Crippen LogP contribution in [-0.4, -0.2) is 9.78 Å². The summed E-state index contributed by atoms with van der Waals surface area (Å²) >= 11 is 0. The van der Waals surface area contributed by atoms with E-state index in [1.165, 1.54) is 5.69 Å². The summed E-state index contributed by atoms with van der Waals surface area (Å²) in [5.74, 6) is 0. The predicted octanol–water partition coefficient (Wildman–Crippen LogP) is 2.20. The lowest BCUT2D eigenvalue weighted by Crippen LogP contribution is -2.17. The number of hydrogen-bond donors (Lipinski definition) is 0. The zero-order valence-corrected chi connectivity index (χ0v) is 7.76. The Labute approximate surface area is 68.2 Å². The molecule has 0 aliphatic rings. The van der Waals surface area contributed by atoms with E-state index in [0.29, 0.717) is 0 Å². The number of rotatable bonds is 1. The number of aryl methyl sites for hydroxylation is 1. The third kappa shape index (κ3) is 1.62. The van der Waals surface area contributed by atoms with Gasteiger partial charge in [0.05, 0.1) is 0 Å². The average Bonchev–Trinajstić information content (AvgIpc) is 2.31. The Bertz CT molecular complexity index is 230. The van der Waals surface area contributed by atoms with Crippen LogP contribution in [0.4, 0.5) is 0 Å². The lowest BCUT2D eigenvalue weighted by Gasteiger charge is -2.19. The molecule has 0 saturated carbocycles. The van der Waals surface area contributed by atoms with Gasteiger partial charge >= 0.3 is 0 Å². The van der Waals surface area contributed by atoms with Crippen LogP contribution in [0.5, 0.6) is 0 Å². The first-order valence-corrected chi connectivity index (χ1v) is 4.08. The van der Waals surface area contributed by atoms with Crippen molar-refractivity contribution < 1.29 is 0 Å². The molecule has 0 atom stereocenters. The minimum absolute atomic E-state index is 0.215. The van der Waals surface area contributed by atoms with Crippen LogP contribution in [0.15, 0.2) is 12.3 Å². The van der Waals surface area contributed by atoms with Crippen molar-refractivity contribution in [1.82, 2.24) is 9.78 Å². The summed E-state index contributed by atoms with van der Waals surface area (Å²) in [5.41, 5.74) is 1.52. The van der Waals surface area contributed by atoms with Crippen molar-refractivity contribution in [3.63, 3.8) is 0 Å². The first kappa shape index (κ1) is 8.31. The highest BCUT2D eigenvalue weighted by atomic mass is 15.3. The molecule has 0 aliphatic heterocycles. The van der Waals surface area contributed by atoms with Crippen LogP contribution < -0.4 is 0 Å². The Kier molecular flexibility index (Phi) is 2.03. The second kappa shape index (κ2) is 2.68. The fraction of sp³-hybridized carbons (Fsp3) is 0.667. The maximum atomic E-state index is 4.22. The summed E-state index contributed by atoms with van der Waals surface area (Å²) < 4.78 is 2.04. The molecule has 2 nitrogen and oxygen atoms in total. The Morgan fingerprint density at radius 1 is 1.45 bits per heavy atom. The van der Waals surface area contributed by atoms with Gasteiger partial charge in [-0.1, -0.05) is 20.8 Å². The molecule has 0 saturated heterocycles. The standard InChI is InChI=1S/C9H16N2/c1-5-11-8(6-7-10-11)9(2,3)4/h6-7H,5H2,1-4H3. The highest BCUT2D eigenvalue weighted by molar-refractivity contribution is 5.11. The van der Waals surface area contributed by atoms with Crippen LogP contribution in [0.2, 0.25) is 0 Å². The van der Waals surface area contributed by atoms with Gasteiger partial charge in [-0.05, 0) is 13.0 Å². The molecule has 0 radical (unpaired) electrons. The molecule has 0 aliphatic carbocycles. The quantitative estimate of drug-likeness (QED) is 0.603. The highest BCUT2D eigenvalue weighted by Crippen LogP contribution is 2.20. The molecule has 0 unspecified atom stereocenters. The van der Waals surface area contributed by atoms with Gasteiger partial charge in [-0.25, -0.2) is 0 Å². The molecule has 1 aromatic heterocycles. The normalized spacial score (nSPS) is 12.0. The van der Waals surface area contributed by atoms with Crippen LogP contribution in [0.1, 0.15) is 33.4 Å². The monoisotopic (exact) mass is 152 g/mol. The summed E-state index contributed by atoms with van der Waals surface area (Å²) in [5, 5.41) is 4.22. The van der Waals surface area contributed by atoms with Crippen molar-refractivity contribution >= 4 is 0 Å². The average molecular weight is 152 g/mol. The largest absolute Gasteiger partial charge is 0.269 e. The molecule has 0 spiro atoms. The van der Waals surface area contributed by atoms with Crippen LogP contribution in [0.3, 0.4) is 0 Å². The van der Waals surface area contributed by atoms with Crippen LogP contribution in [0, 0.1) is 0 Å². The SMILES string of the molecule is CCn1nccc1C(C)(C)C. The molecule has 0 amide bonds. The Morgan fingerprint density at radius 2 is 2.09 bits per heavy atom. The third-order valence-corrected chi connectivity index (χ3v) is 1.78. The molecule has 1 heterocycles. The number of hydrogen-bond acceptors (Lipinski definition) is 1. The second-order valence-corrected chi connectivity index (χ2v) is 3.78. The summed E-state index contributed by atoms with van der Waals surface area (Å²) in [4.78, 5) is 0. The van der Waals surface area contributed by atoms with Gasteiger partial charge in [0, 0.05) is 23.9 Å². The molecule has 2 heteroatoms. The molecular formula is C9H16N2. The molecule has 0 bridgehead atoms. The lowest BCUT2D eigenvalue weighted by atomic mass is 9.92. The van der Waals surface area contributed by atoms with Crippen LogP contribution >= 0.6 is 0 Å². The zero-order valence-electron chi connectivity index (χ0n) is 7.76. The minimum Gasteiger partial charge on any atom is -0.269 e. The lowest BCUT2D eigenvalue weighted by molar-refractivity contribution is 0.498. The van der Waals surface area contributed by atoms with E-state index in [2.05, 4.69) is 38.9 Å². The van der Waals surface area contributed by atoms with E-state index in [1.807, 2.05) is 10.9 Å². The molecule has 62 valence electrons. The van der Waals surface area contributed by atoms with E-state index < -0.39 is 0 Å². The highest BCUT2D eigenvalue weighted by Gasteiger charge is 2.17. The van der Waals surface area contributed by atoms with Crippen LogP contribution in [-0.2, 0) is 12.0 Å². The predicted molar refractivity (Wildman–Crippen MR) is 46.6 cm³/mol. The molecular weight excluding hydrogens is 136 g/mol. The molecule has 0 aromatic carbocycles. The summed E-state index contributed by atoms with van der Waals surface area (Å²) in [7, 11) is 0. The van der Waals surface area contributed by atoms with Crippen molar-refractivity contribution in [2.45, 2.75) is 39.7 Å². The van der Waals surface area contributed by atoms with Crippen molar-refractivity contribution in [2.24, 2.45) is 0 Å². The van der Waals surface area contributed by atoms with Gasteiger partial charge < -0.3 is 0 Å². The fourth-order valence-electron chi connectivity index (χ4n) is 1.22. The first-order valence-electron chi connectivity index (χ1n) is 4.08. The Morgan fingerprint density at radius 3 is 2.45 bits per heavy atom. The van der Waals surface area contributed by atoms with Gasteiger partial charge in [0.15, 0.2) is 0 Å². The molecule has 1 aromatic rings. The number of nitrogens with zero attached hydrogens (tertiary/aromatic N) is 2. The van der Waals surface area contributed by atoms with E-state index in [-0.39, 0.29) is 5.41 Å². The van der Waals surface area contributed by atoms with Crippen molar-refractivity contribution in [2.75, 3.05) is 0 Å². The zero-order chi connectivity index (χ0) is 8.48. The smallest absolute Gasteiger partial charge is 0.0492 e. The van der Waals surface area contributed by atoms with Crippen LogP contribution in [0.25, 0.3) is 0 Å². The second-order valence-electron chi connectivity index (χ2n) is 3.78.